The topological polar surface area (TPSA) is 26.3 Å². The zero-order valence-electron chi connectivity index (χ0n) is 12.9. The van der Waals surface area contributed by atoms with Gasteiger partial charge in [-0.3, -0.25) is 4.79 Å². The molecule has 108 valence electrons. The predicted molar refractivity (Wildman–Crippen MR) is 77.9 cm³/mol. The van der Waals surface area contributed by atoms with Crippen molar-refractivity contribution in [2.75, 3.05) is 6.61 Å². The Morgan fingerprint density at radius 1 is 0.944 bits per heavy atom. The standard InChI is InChI=1S/C16H32O2/c1-5-6-7-8-9-10-11-12-13-18-16(3,4)14-15(2)17/h5-14H2,1-4H3. The van der Waals surface area contributed by atoms with E-state index in [1.54, 1.807) is 6.92 Å². The molecule has 0 aliphatic heterocycles. The van der Waals surface area contributed by atoms with Gasteiger partial charge in [-0.1, -0.05) is 51.9 Å². The minimum absolute atomic E-state index is 0.205. The first-order valence-corrected chi connectivity index (χ1v) is 7.61. The maximum atomic E-state index is 11.0. The molecule has 0 aliphatic carbocycles. The lowest BCUT2D eigenvalue weighted by atomic mass is 10.0. The van der Waals surface area contributed by atoms with Crippen LogP contribution in [-0.2, 0) is 9.53 Å². The number of ether oxygens (including phenoxy) is 1. The Bertz CT molecular complexity index is 209. The molecule has 0 radical (unpaired) electrons. The first kappa shape index (κ1) is 17.6. The molecule has 0 N–H and O–H groups in total. The van der Waals surface area contributed by atoms with Crippen LogP contribution in [0.15, 0.2) is 0 Å². The average Bonchev–Trinajstić information content (AvgIpc) is 2.25. The summed E-state index contributed by atoms with van der Waals surface area (Å²) in [7, 11) is 0. The molecule has 0 saturated carbocycles. The van der Waals surface area contributed by atoms with Gasteiger partial charge in [0.15, 0.2) is 0 Å². The summed E-state index contributed by atoms with van der Waals surface area (Å²) < 4.78 is 5.76. The molecule has 2 heteroatoms. The summed E-state index contributed by atoms with van der Waals surface area (Å²) in [6.45, 7) is 8.66. The van der Waals surface area contributed by atoms with Gasteiger partial charge < -0.3 is 4.74 Å². The van der Waals surface area contributed by atoms with E-state index in [0.717, 1.165) is 13.0 Å². The van der Waals surface area contributed by atoms with Crippen LogP contribution in [0.3, 0.4) is 0 Å². The van der Waals surface area contributed by atoms with Crippen molar-refractivity contribution in [1.82, 2.24) is 0 Å². The van der Waals surface area contributed by atoms with Crippen LogP contribution < -0.4 is 0 Å². The van der Waals surface area contributed by atoms with E-state index in [0.29, 0.717) is 6.42 Å². The lowest BCUT2D eigenvalue weighted by molar-refractivity contribution is -0.123. The van der Waals surface area contributed by atoms with Gasteiger partial charge in [0.25, 0.3) is 0 Å². The van der Waals surface area contributed by atoms with Crippen LogP contribution in [0.5, 0.6) is 0 Å². The molecule has 0 atom stereocenters. The Hall–Kier alpha value is -0.370. The Morgan fingerprint density at radius 2 is 1.44 bits per heavy atom. The Kier molecular flexibility index (Phi) is 10.3. The number of rotatable bonds is 12. The molecule has 0 aliphatic rings. The van der Waals surface area contributed by atoms with Gasteiger partial charge in [-0.05, 0) is 27.2 Å². The van der Waals surface area contributed by atoms with E-state index in [4.69, 9.17) is 4.74 Å². The van der Waals surface area contributed by atoms with Gasteiger partial charge in [0, 0.05) is 13.0 Å². The normalized spacial score (nSPS) is 11.8. The van der Waals surface area contributed by atoms with Crippen LogP contribution >= 0.6 is 0 Å². The third-order valence-corrected chi connectivity index (χ3v) is 3.17. The van der Waals surface area contributed by atoms with E-state index < -0.39 is 0 Å². The second-order valence-electron chi connectivity index (χ2n) is 5.96. The van der Waals surface area contributed by atoms with Crippen LogP contribution in [0.1, 0.15) is 85.5 Å². The minimum atomic E-state index is -0.285. The molecule has 0 spiro atoms. The van der Waals surface area contributed by atoms with Gasteiger partial charge in [-0.15, -0.1) is 0 Å². The van der Waals surface area contributed by atoms with Gasteiger partial charge >= 0.3 is 0 Å². The van der Waals surface area contributed by atoms with E-state index in [1.165, 1.54) is 44.9 Å². The number of ketones is 1. The molecular weight excluding hydrogens is 224 g/mol. The monoisotopic (exact) mass is 256 g/mol. The smallest absolute Gasteiger partial charge is 0.132 e. The molecule has 0 aromatic carbocycles. The quantitative estimate of drug-likeness (QED) is 0.464. The van der Waals surface area contributed by atoms with Crippen LogP contribution in [0.2, 0.25) is 0 Å². The fraction of sp³-hybridized carbons (Fsp3) is 0.938. The zero-order chi connectivity index (χ0) is 13.9. The summed E-state index contributed by atoms with van der Waals surface area (Å²) >= 11 is 0. The molecule has 0 heterocycles. The summed E-state index contributed by atoms with van der Waals surface area (Å²) in [5, 5.41) is 0. The fourth-order valence-electron chi connectivity index (χ4n) is 2.23. The summed E-state index contributed by atoms with van der Waals surface area (Å²) in [6.07, 6.45) is 11.0. The van der Waals surface area contributed by atoms with E-state index >= 15 is 0 Å². The highest BCUT2D eigenvalue weighted by Crippen LogP contribution is 2.16. The van der Waals surface area contributed by atoms with Crippen molar-refractivity contribution >= 4 is 5.78 Å². The number of carbonyl (C=O) groups excluding carboxylic acids is 1. The maximum Gasteiger partial charge on any atom is 0.132 e. The molecule has 18 heavy (non-hydrogen) atoms. The molecule has 0 aromatic heterocycles. The van der Waals surface area contributed by atoms with Crippen molar-refractivity contribution in [3.05, 3.63) is 0 Å². The Balaban J connectivity index is 3.31. The third kappa shape index (κ3) is 12.1. The largest absolute Gasteiger partial charge is 0.375 e. The molecule has 0 bridgehead atoms. The summed E-state index contributed by atoms with van der Waals surface area (Å²) in [5.74, 6) is 0.205. The van der Waals surface area contributed by atoms with Crippen molar-refractivity contribution in [3.63, 3.8) is 0 Å². The van der Waals surface area contributed by atoms with Crippen LogP contribution in [0, 0.1) is 0 Å². The number of hydrogen-bond donors (Lipinski definition) is 0. The number of carbonyl (C=O) groups is 1. The first-order chi connectivity index (χ1) is 8.48. The van der Waals surface area contributed by atoms with Gasteiger partial charge in [0.1, 0.15) is 5.78 Å². The second kappa shape index (κ2) is 10.5. The zero-order valence-corrected chi connectivity index (χ0v) is 12.9. The van der Waals surface area contributed by atoms with E-state index in [1.807, 2.05) is 13.8 Å². The number of hydrogen-bond acceptors (Lipinski definition) is 2. The average molecular weight is 256 g/mol. The van der Waals surface area contributed by atoms with Crippen LogP contribution in [0.25, 0.3) is 0 Å². The van der Waals surface area contributed by atoms with Gasteiger partial charge in [-0.2, -0.15) is 0 Å². The second-order valence-corrected chi connectivity index (χ2v) is 5.96. The molecule has 0 aromatic rings. The maximum absolute atomic E-state index is 11.0. The molecular formula is C16H32O2. The van der Waals surface area contributed by atoms with Crippen molar-refractivity contribution < 1.29 is 9.53 Å². The van der Waals surface area contributed by atoms with Crippen molar-refractivity contribution in [1.29, 1.82) is 0 Å². The lowest BCUT2D eigenvalue weighted by Gasteiger charge is -2.24. The van der Waals surface area contributed by atoms with Crippen LogP contribution in [-0.4, -0.2) is 18.0 Å². The van der Waals surface area contributed by atoms with Gasteiger partial charge in [0.05, 0.1) is 5.60 Å². The highest BCUT2D eigenvalue weighted by atomic mass is 16.5. The summed E-state index contributed by atoms with van der Waals surface area (Å²) in [6, 6.07) is 0. The summed E-state index contributed by atoms with van der Waals surface area (Å²) in [4.78, 5) is 11.0. The van der Waals surface area contributed by atoms with Crippen molar-refractivity contribution in [2.45, 2.75) is 91.1 Å². The predicted octanol–water partition coefficient (Wildman–Crippen LogP) is 4.90. The van der Waals surface area contributed by atoms with Crippen LogP contribution in [0.4, 0.5) is 0 Å². The highest BCUT2D eigenvalue weighted by Gasteiger charge is 2.19. The molecule has 0 unspecified atom stereocenters. The number of Topliss-reactive ketones (excluding diaryl/α,β-unsaturated/α-hetero) is 1. The fourth-order valence-corrected chi connectivity index (χ4v) is 2.23. The Labute approximate surface area is 113 Å². The van der Waals surface area contributed by atoms with Crippen molar-refractivity contribution in [3.8, 4) is 0 Å². The summed E-state index contributed by atoms with van der Waals surface area (Å²) in [5.41, 5.74) is -0.285. The molecule has 0 fully saturated rings. The van der Waals surface area contributed by atoms with Gasteiger partial charge in [-0.25, -0.2) is 0 Å². The third-order valence-electron chi connectivity index (χ3n) is 3.17. The molecule has 0 rings (SSSR count). The van der Waals surface area contributed by atoms with E-state index in [9.17, 15) is 4.79 Å². The molecule has 2 nitrogen and oxygen atoms in total. The van der Waals surface area contributed by atoms with Crippen molar-refractivity contribution in [2.24, 2.45) is 0 Å². The van der Waals surface area contributed by atoms with E-state index in [-0.39, 0.29) is 11.4 Å². The lowest BCUT2D eigenvalue weighted by Crippen LogP contribution is -2.27. The molecule has 0 saturated heterocycles. The highest BCUT2D eigenvalue weighted by molar-refractivity contribution is 5.76. The molecule has 0 amide bonds. The minimum Gasteiger partial charge on any atom is -0.375 e. The van der Waals surface area contributed by atoms with E-state index in [2.05, 4.69) is 6.92 Å². The first-order valence-electron chi connectivity index (χ1n) is 7.61. The van der Waals surface area contributed by atoms with Gasteiger partial charge in [0.2, 0.25) is 0 Å². The Morgan fingerprint density at radius 3 is 1.94 bits per heavy atom. The number of unbranched alkanes of at least 4 members (excludes halogenated alkanes) is 7. The SMILES string of the molecule is CCCCCCCCCCOC(C)(C)CC(C)=O.